The Morgan fingerprint density at radius 1 is 1.53 bits per heavy atom. The Morgan fingerprint density at radius 3 is 2.94 bits per heavy atom. The van der Waals surface area contributed by atoms with E-state index in [4.69, 9.17) is 4.84 Å². The Hall–Kier alpha value is -2.17. The third-order valence-corrected chi connectivity index (χ3v) is 2.44. The van der Waals surface area contributed by atoms with Crippen LogP contribution in [0.25, 0.3) is 0 Å². The van der Waals surface area contributed by atoms with Crippen LogP contribution in [0.15, 0.2) is 29.4 Å². The van der Waals surface area contributed by atoms with Crippen molar-refractivity contribution < 1.29 is 14.4 Å². The normalized spacial score (nSPS) is 18.2. The van der Waals surface area contributed by atoms with Gasteiger partial charge in [-0.05, 0) is 13.0 Å². The van der Waals surface area contributed by atoms with Gasteiger partial charge >= 0.3 is 0 Å². The predicted molar refractivity (Wildman–Crippen MR) is 61.9 cm³/mol. The van der Waals surface area contributed by atoms with E-state index in [-0.39, 0.29) is 5.91 Å². The molecule has 1 amide bonds. The van der Waals surface area contributed by atoms with Gasteiger partial charge in [-0.25, -0.2) is 0 Å². The minimum Gasteiger partial charge on any atom is -0.370 e. The molecule has 5 nitrogen and oxygen atoms in total. The number of nitrogens with one attached hydrogen (secondary N) is 1. The lowest BCUT2D eigenvalue weighted by atomic mass is 10.1. The number of rotatable bonds is 3. The summed E-state index contributed by atoms with van der Waals surface area (Å²) in [5.74, 6) is -0.331. The summed E-state index contributed by atoms with van der Waals surface area (Å²) < 4.78 is 0. The molecule has 0 radical (unpaired) electrons. The summed E-state index contributed by atoms with van der Waals surface area (Å²) in [6.07, 6.45) is 0.781. The first-order valence-corrected chi connectivity index (χ1v) is 5.25. The Kier molecular flexibility index (Phi) is 3.18. The van der Waals surface area contributed by atoms with E-state index in [0.29, 0.717) is 23.8 Å². The van der Waals surface area contributed by atoms with E-state index in [1.165, 1.54) is 0 Å². The summed E-state index contributed by atoms with van der Waals surface area (Å²) in [7, 11) is 0. The number of oxime groups is 1. The van der Waals surface area contributed by atoms with Crippen molar-refractivity contribution in [3.8, 4) is 0 Å². The molecular formula is C12H12N2O3. The van der Waals surface area contributed by atoms with Crippen LogP contribution >= 0.6 is 0 Å². The zero-order chi connectivity index (χ0) is 12.3. The van der Waals surface area contributed by atoms with Gasteiger partial charge in [-0.3, -0.25) is 9.59 Å². The van der Waals surface area contributed by atoms with Crippen LogP contribution in [0.2, 0.25) is 0 Å². The molecule has 1 aliphatic rings. The van der Waals surface area contributed by atoms with Gasteiger partial charge in [0.15, 0.2) is 6.29 Å². The molecule has 5 heteroatoms. The first-order chi connectivity index (χ1) is 8.20. The van der Waals surface area contributed by atoms with Crippen LogP contribution in [0.5, 0.6) is 0 Å². The number of hydrogen-bond acceptors (Lipinski definition) is 4. The molecule has 1 aromatic carbocycles. The predicted octanol–water partition coefficient (Wildman–Crippen LogP) is 1.35. The molecule has 0 spiro atoms. The molecule has 0 saturated heterocycles. The average Bonchev–Trinajstić information content (AvgIpc) is 2.74. The van der Waals surface area contributed by atoms with Crippen molar-refractivity contribution in [1.29, 1.82) is 0 Å². The molecule has 0 aliphatic carbocycles. The van der Waals surface area contributed by atoms with E-state index in [2.05, 4.69) is 10.5 Å². The third-order valence-electron chi connectivity index (χ3n) is 2.44. The van der Waals surface area contributed by atoms with Gasteiger partial charge < -0.3 is 10.2 Å². The molecule has 0 aromatic heterocycles. The van der Waals surface area contributed by atoms with Crippen LogP contribution in [0.4, 0.5) is 0 Å². The molecule has 0 saturated carbocycles. The molecule has 2 rings (SSSR count). The van der Waals surface area contributed by atoms with E-state index in [1.807, 2.05) is 6.92 Å². The maximum absolute atomic E-state index is 11.9. The molecule has 0 bridgehead atoms. The highest BCUT2D eigenvalue weighted by molar-refractivity contribution is 6.01. The van der Waals surface area contributed by atoms with Crippen molar-refractivity contribution in [2.45, 2.75) is 19.6 Å². The molecule has 17 heavy (non-hydrogen) atoms. The van der Waals surface area contributed by atoms with E-state index in [9.17, 15) is 9.59 Å². The molecule has 1 unspecified atom stereocenters. The van der Waals surface area contributed by atoms with Gasteiger partial charge in [0.1, 0.15) is 0 Å². The summed E-state index contributed by atoms with van der Waals surface area (Å²) in [5, 5.41) is 6.40. The van der Waals surface area contributed by atoms with Crippen LogP contribution in [0.1, 0.15) is 34.1 Å². The Labute approximate surface area is 98.5 Å². The maximum Gasteiger partial charge on any atom is 0.254 e. The first-order valence-electron chi connectivity index (χ1n) is 5.25. The van der Waals surface area contributed by atoms with Gasteiger partial charge in [0.25, 0.3) is 5.91 Å². The second kappa shape index (κ2) is 4.78. The number of carbonyl (C=O) groups is 2. The standard InChI is InChI=1S/C12H12N2O3/c1-8-6-11(17-14-8)13-12(16)10-5-3-2-4-9(10)7-15/h2-5,7,11H,6H2,1H3,(H,13,16). The summed E-state index contributed by atoms with van der Waals surface area (Å²) in [5.41, 5.74) is 1.54. The van der Waals surface area contributed by atoms with Crippen molar-refractivity contribution in [2.24, 2.45) is 5.16 Å². The lowest BCUT2D eigenvalue weighted by Crippen LogP contribution is -2.35. The zero-order valence-electron chi connectivity index (χ0n) is 9.34. The second-order valence-electron chi connectivity index (χ2n) is 3.80. The fourth-order valence-electron chi connectivity index (χ4n) is 1.60. The van der Waals surface area contributed by atoms with Crippen molar-refractivity contribution in [3.63, 3.8) is 0 Å². The summed E-state index contributed by atoms with van der Waals surface area (Å²) in [6, 6.07) is 6.61. The number of hydrogen-bond donors (Lipinski definition) is 1. The van der Waals surface area contributed by atoms with Crippen molar-refractivity contribution in [2.75, 3.05) is 0 Å². The van der Waals surface area contributed by atoms with E-state index in [0.717, 1.165) is 5.71 Å². The smallest absolute Gasteiger partial charge is 0.254 e. The van der Waals surface area contributed by atoms with Gasteiger partial charge in [-0.1, -0.05) is 23.4 Å². The lowest BCUT2D eigenvalue weighted by molar-refractivity contribution is 0.0501. The zero-order valence-corrected chi connectivity index (χ0v) is 9.34. The summed E-state index contributed by atoms with van der Waals surface area (Å²) in [4.78, 5) is 27.7. The molecule has 88 valence electrons. The molecular weight excluding hydrogens is 220 g/mol. The largest absolute Gasteiger partial charge is 0.370 e. The highest BCUT2D eigenvalue weighted by Gasteiger charge is 2.21. The number of benzene rings is 1. The molecule has 1 atom stereocenters. The van der Waals surface area contributed by atoms with E-state index in [1.54, 1.807) is 24.3 Å². The van der Waals surface area contributed by atoms with E-state index < -0.39 is 6.23 Å². The van der Waals surface area contributed by atoms with Crippen LogP contribution in [0.3, 0.4) is 0 Å². The molecule has 1 aromatic rings. The van der Waals surface area contributed by atoms with Crippen LogP contribution in [-0.4, -0.2) is 24.1 Å². The molecule has 1 N–H and O–H groups in total. The summed E-state index contributed by atoms with van der Waals surface area (Å²) in [6.45, 7) is 1.82. The minimum atomic E-state index is -0.442. The second-order valence-corrected chi connectivity index (χ2v) is 3.80. The van der Waals surface area contributed by atoms with Gasteiger partial charge in [-0.15, -0.1) is 0 Å². The first kappa shape index (κ1) is 11.3. The third kappa shape index (κ3) is 2.50. The fraction of sp³-hybridized carbons (Fsp3) is 0.250. The number of carbonyl (C=O) groups excluding carboxylic acids is 2. The number of nitrogens with zero attached hydrogens (tertiary/aromatic N) is 1. The number of aldehydes is 1. The average molecular weight is 232 g/mol. The monoisotopic (exact) mass is 232 g/mol. The Morgan fingerprint density at radius 2 is 2.29 bits per heavy atom. The summed E-state index contributed by atoms with van der Waals surface area (Å²) >= 11 is 0. The van der Waals surface area contributed by atoms with Crippen LogP contribution < -0.4 is 5.32 Å². The number of amides is 1. The molecule has 0 fully saturated rings. The van der Waals surface area contributed by atoms with Crippen molar-refractivity contribution in [3.05, 3.63) is 35.4 Å². The van der Waals surface area contributed by atoms with Crippen molar-refractivity contribution >= 4 is 17.9 Å². The van der Waals surface area contributed by atoms with Crippen LogP contribution in [-0.2, 0) is 4.84 Å². The van der Waals surface area contributed by atoms with Gasteiger partial charge in [0, 0.05) is 17.5 Å². The fourth-order valence-corrected chi connectivity index (χ4v) is 1.60. The van der Waals surface area contributed by atoms with Gasteiger partial charge in [0.2, 0.25) is 6.23 Å². The maximum atomic E-state index is 11.9. The van der Waals surface area contributed by atoms with Gasteiger partial charge in [0.05, 0.1) is 5.71 Å². The van der Waals surface area contributed by atoms with Crippen molar-refractivity contribution in [1.82, 2.24) is 5.32 Å². The highest BCUT2D eigenvalue weighted by atomic mass is 16.7. The Balaban J connectivity index is 2.07. The van der Waals surface area contributed by atoms with Crippen LogP contribution in [0, 0.1) is 0 Å². The SMILES string of the molecule is CC1=NOC(NC(=O)c2ccccc2C=O)C1. The van der Waals surface area contributed by atoms with E-state index >= 15 is 0 Å². The van der Waals surface area contributed by atoms with Gasteiger partial charge in [-0.2, -0.15) is 0 Å². The minimum absolute atomic E-state index is 0.331. The quantitative estimate of drug-likeness (QED) is 0.800. The lowest BCUT2D eigenvalue weighted by Gasteiger charge is -2.11. The highest BCUT2D eigenvalue weighted by Crippen LogP contribution is 2.10. The Bertz CT molecular complexity index is 482. The topological polar surface area (TPSA) is 67.8 Å². The molecule has 1 aliphatic heterocycles. The molecule has 1 heterocycles.